The molecule has 0 radical (unpaired) electrons. The summed E-state index contributed by atoms with van der Waals surface area (Å²) < 4.78 is 33.4. The SMILES string of the molecule is CN(CC1CCOCC1)c1c(F)cc(C(N)=S)cc1F. The van der Waals surface area contributed by atoms with Crippen LogP contribution in [0.3, 0.4) is 0 Å². The van der Waals surface area contributed by atoms with Crippen LogP contribution in [0, 0.1) is 17.6 Å². The van der Waals surface area contributed by atoms with Gasteiger partial charge >= 0.3 is 0 Å². The van der Waals surface area contributed by atoms with E-state index in [2.05, 4.69) is 0 Å². The van der Waals surface area contributed by atoms with Crippen molar-refractivity contribution < 1.29 is 13.5 Å². The largest absolute Gasteiger partial charge is 0.389 e. The summed E-state index contributed by atoms with van der Waals surface area (Å²) in [6.07, 6.45) is 1.83. The third-order valence-electron chi connectivity index (χ3n) is 3.56. The van der Waals surface area contributed by atoms with Crippen molar-refractivity contribution in [3.63, 3.8) is 0 Å². The van der Waals surface area contributed by atoms with Crippen molar-refractivity contribution in [2.24, 2.45) is 11.7 Å². The minimum atomic E-state index is -0.637. The zero-order valence-corrected chi connectivity index (χ0v) is 12.2. The van der Waals surface area contributed by atoms with Gasteiger partial charge in [-0.2, -0.15) is 0 Å². The molecule has 0 aliphatic carbocycles. The van der Waals surface area contributed by atoms with Crippen molar-refractivity contribution in [2.75, 3.05) is 31.7 Å². The van der Waals surface area contributed by atoms with E-state index in [1.165, 1.54) is 12.1 Å². The number of thiocarbonyl (C=S) groups is 1. The van der Waals surface area contributed by atoms with E-state index < -0.39 is 11.6 Å². The topological polar surface area (TPSA) is 38.5 Å². The highest BCUT2D eigenvalue weighted by Gasteiger charge is 2.21. The van der Waals surface area contributed by atoms with Gasteiger partial charge in [-0.05, 0) is 30.9 Å². The highest BCUT2D eigenvalue weighted by Crippen LogP contribution is 2.26. The molecule has 1 aliphatic rings. The van der Waals surface area contributed by atoms with E-state index in [1.807, 2.05) is 0 Å². The van der Waals surface area contributed by atoms with Gasteiger partial charge in [0.2, 0.25) is 0 Å². The third-order valence-corrected chi connectivity index (χ3v) is 3.79. The lowest BCUT2D eigenvalue weighted by Crippen LogP contribution is -2.30. The molecule has 110 valence electrons. The van der Waals surface area contributed by atoms with Gasteiger partial charge in [0.25, 0.3) is 0 Å². The minimum absolute atomic E-state index is 0.0126. The number of ether oxygens (including phenoxy) is 1. The maximum absolute atomic E-state index is 14.1. The van der Waals surface area contributed by atoms with Crippen LogP contribution in [0.5, 0.6) is 0 Å². The average Bonchev–Trinajstić information content (AvgIpc) is 2.38. The number of anilines is 1. The molecule has 0 amide bonds. The van der Waals surface area contributed by atoms with E-state index in [0.717, 1.165) is 12.8 Å². The molecule has 0 atom stereocenters. The highest BCUT2D eigenvalue weighted by molar-refractivity contribution is 7.80. The van der Waals surface area contributed by atoms with Gasteiger partial charge in [-0.1, -0.05) is 12.2 Å². The van der Waals surface area contributed by atoms with Crippen molar-refractivity contribution in [2.45, 2.75) is 12.8 Å². The number of benzene rings is 1. The standard InChI is InChI=1S/C14H18F2N2OS/c1-18(8-9-2-4-19-5-3-9)13-11(15)6-10(14(17)20)7-12(13)16/h6-7,9H,2-5,8H2,1H3,(H2,17,20). The molecule has 1 fully saturated rings. The maximum atomic E-state index is 14.1. The maximum Gasteiger partial charge on any atom is 0.150 e. The van der Waals surface area contributed by atoms with Crippen molar-refractivity contribution in [1.82, 2.24) is 0 Å². The Bertz CT molecular complexity index is 481. The normalized spacial score (nSPS) is 16.1. The third kappa shape index (κ3) is 3.43. The Balaban J connectivity index is 2.16. The van der Waals surface area contributed by atoms with Gasteiger partial charge in [-0.25, -0.2) is 8.78 Å². The molecule has 0 spiro atoms. The summed E-state index contributed by atoms with van der Waals surface area (Å²) in [5, 5.41) is 0. The van der Waals surface area contributed by atoms with E-state index in [1.54, 1.807) is 11.9 Å². The smallest absolute Gasteiger partial charge is 0.150 e. The van der Waals surface area contributed by atoms with Crippen molar-refractivity contribution >= 4 is 22.9 Å². The molecule has 1 saturated heterocycles. The van der Waals surface area contributed by atoms with Crippen molar-refractivity contribution in [3.8, 4) is 0 Å². The van der Waals surface area contributed by atoms with Crippen LogP contribution >= 0.6 is 12.2 Å². The Morgan fingerprint density at radius 2 is 1.90 bits per heavy atom. The summed E-state index contributed by atoms with van der Waals surface area (Å²) in [5.41, 5.74) is 5.57. The lowest BCUT2D eigenvalue weighted by molar-refractivity contribution is 0.0684. The first kappa shape index (κ1) is 15.1. The molecule has 1 heterocycles. The summed E-state index contributed by atoms with van der Waals surface area (Å²) in [6, 6.07) is 2.36. The first-order valence-electron chi connectivity index (χ1n) is 6.56. The summed E-state index contributed by atoms with van der Waals surface area (Å²) in [4.78, 5) is 1.60. The van der Waals surface area contributed by atoms with Gasteiger partial charge in [-0.15, -0.1) is 0 Å². The fourth-order valence-corrected chi connectivity index (χ4v) is 2.60. The lowest BCUT2D eigenvalue weighted by atomic mass is 9.99. The molecule has 0 bridgehead atoms. The summed E-state index contributed by atoms with van der Waals surface area (Å²) in [5.74, 6) is -0.882. The first-order chi connectivity index (χ1) is 9.49. The number of nitrogens with two attached hydrogens (primary N) is 1. The number of hydrogen-bond donors (Lipinski definition) is 1. The van der Waals surface area contributed by atoms with E-state index in [0.29, 0.717) is 25.7 Å². The molecule has 1 aliphatic heterocycles. The van der Waals surface area contributed by atoms with Crippen LogP contribution in [0.2, 0.25) is 0 Å². The number of nitrogens with zero attached hydrogens (tertiary/aromatic N) is 1. The first-order valence-corrected chi connectivity index (χ1v) is 6.97. The molecule has 0 unspecified atom stereocenters. The number of hydrogen-bond acceptors (Lipinski definition) is 3. The second kappa shape index (κ2) is 6.45. The van der Waals surface area contributed by atoms with Crippen LogP contribution in [-0.2, 0) is 4.74 Å². The molecule has 1 aromatic carbocycles. The van der Waals surface area contributed by atoms with E-state index in [9.17, 15) is 8.78 Å². The Morgan fingerprint density at radius 1 is 1.35 bits per heavy atom. The van der Waals surface area contributed by atoms with Crippen LogP contribution in [0.4, 0.5) is 14.5 Å². The monoisotopic (exact) mass is 300 g/mol. The molecular weight excluding hydrogens is 282 g/mol. The van der Waals surface area contributed by atoms with Crippen LogP contribution in [0.15, 0.2) is 12.1 Å². The zero-order valence-electron chi connectivity index (χ0n) is 11.4. The minimum Gasteiger partial charge on any atom is -0.389 e. The molecule has 1 aromatic rings. The average molecular weight is 300 g/mol. The summed E-state index contributed by atoms with van der Waals surface area (Å²) in [6.45, 7) is 2.03. The van der Waals surface area contributed by atoms with Crippen LogP contribution in [0.25, 0.3) is 0 Å². The van der Waals surface area contributed by atoms with E-state index in [4.69, 9.17) is 22.7 Å². The van der Waals surface area contributed by atoms with Crippen molar-refractivity contribution in [3.05, 3.63) is 29.3 Å². The van der Waals surface area contributed by atoms with Crippen LogP contribution < -0.4 is 10.6 Å². The lowest BCUT2D eigenvalue weighted by Gasteiger charge is -2.29. The highest BCUT2D eigenvalue weighted by atomic mass is 32.1. The fourth-order valence-electron chi connectivity index (χ4n) is 2.48. The zero-order chi connectivity index (χ0) is 14.7. The number of rotatable bonds is 4. The summed E-state index contributed by atoms with van der Waals surface area (Å²) in [7, 11) is 1.69. The van der Waals surface area contributed by atoms with Crippen molar-refractivity contribution in [1.29, 1.82) is 0 Å². The Hall–Kier alpha value is -1.27. The van der Waals surface area contributed by atoms with Gasteiger partial charge in [0.05, 0.1) is 0 Å². The molecule has 2 N–H and O–H groups in total. The Labute approximate surface area is 122 Å². The molecule has 3 nitrogen and oxygen atoms in total. The quantitative estimate of drug-likeness (QED) is 0.867. The van der Waals surface area contributed by atoms with Gasteiger partial charge < -0.3 is 15.4 Å². The number of halogens is 2. The van der Waals surface area contributed by atoms with Crippen LogP contribution in [-0.4, -0.2) is 31.8 Å². The predicted molar refractivity (Wildman–Crippen MR) is 79.1 cm³/mol. The van der Waals surface area contributed by atoms with Crippen LogP contribution in [0.1, 0.15) is 18.4 Å². The second-order valence-electron chi connectivity index (χ2n) is 5.09. The van der Waals surface area contributed by atoms with E-state index >= 15 is 0 Å². The molecule has 20 heavy (non-hydrogen) atoms. The fraction of sp³-hybridized carbons (Fsp3) is 0.500. The predicted octanol–water partition coefficient (Wildman–Crippen LogP) is 2.46. The van der Waals surface area contributed by atoms with Gasteiger partial charge in [0.1, 0.15) is 22.3 Å². The Morgan fingerprint density at radius 3 is 2.40 bits per heavy atom. The molecule has 6 heteroatoms. The van der Waals surface area contributed by atoms with Gasteiger partial charge in [-0.3, -0.25) is 0 Å². The Kier molecular flexibility index (Phi) is 4.88. The van der Waals surface area contributed by atoms with E-state index in [-0.39, 0.29) is 16.2 Å². The molecule has 0 aromatic heterocycles. The second-order valence-corrected chi connectivity index (χ2v) is 5.53. The van der Waals surface area contributed by atoms with Gasteiger partial charge in [0.15, 0.2) is 0 Å². The summed E-state index contributed by atoms with van der Waals surface area (Å²) >= 11 is 4.74. The molecular formula is C14H18F2N2OS. The molecule has 2 rings (SSSR count). The molecule has 0 saturated carbocycles. The van der Waals surface area contributed by atoms with Gasteiger partial charge in [0, 0.05) is 32.4 Å².